The molecule has 3 aromatic rings. The van der Waals surface area contributed by atoms with Crippen LogP contribution in [-0.2, 0) is 0 Å². The Kier molecular flexibility index (Phi) is 3.05. The van der Waals surface area contributed by atoms with Crippen molar-refractivity contribution >= 4 is 33.6 Å². The highest BCUT2D eigenvalue weighted by atomic mass is 32.1. The van der Waals surface area contributed by atoms with Crippen LogP contribution in [-0.4, -0.2) is 49.4 Å². The van der Waals surface area contributed by atoms with E-state index in [2.05, 4.69) is 47.3 Å². The molecule has 0 fully saturated rings. The van der Waals surface area contributed by atoms with Crippen molar-refractivity contribution in [2.75, 3.05) is 26.0 Å². The van der Waals surface area contributed by atoms with Gasteiger partial charge >= 0.3 is 0 Å². The standard InChI is InChI=1S/C14H15N7S/c1-19-8-10(9-20(19)2)11-7-16-14-13(15-5-6-21(11)14)18-12-3-4-17-22-12/h3-8H,9H2,1-2H3,(H,15,18). The third-order valence-electron chi connectivity index (χ3n) is 3.72. The number of aromatic nitrogens is 4. The first-order valence-electron chi connectivity index (χ1n) is 6.87. The van der Waals surface area contributed by atoms with Crippen molar-refractivity contribution in [2.45, 2.75) is 0 Å². The van der Waals surface area contributed by atoms with E-state index in [0.29, 0.717) is 0 Å². The molecule has 0 unspecified atom stereocenters. The maximum Gasteiger partial charge on any atom is 0.180 e. The third kappa shape index (κ3) is 2.13. The Balaban J connectivity index is 1.76. The zero-order valence-corrected chi connectivity index (χ0v) is 13.1. The molecule has 0 saturated carbocycles. The van der Waals surface area contributed by atoms with Crippen molar-refractivity contribution in [3.63, 3.8) is 0 Å². The Labute approximate surface area is 131 Å². The number of nitrogens with one attached hydrogen (secondary N) is 1. The molecular weight excluding hydrogens is 298 g/mol. The van der Waals surface area contributed by atoms with Gasteiger partial charge in [0, 0.05) is 51.0 Å². The van der Waals surface area contributed by atoms with Gasteiger partial charge in [-0.1, -0.05) is 0 Å². The molecule has 0 atom stereocenters. The molecule has 1 aliphatic rings. The minimum Gasteiger partial charge on any atom is -0.328 e. The number of fused-ring (bicyclic) bond motifs is 1. The number of anilines is 2. The molecule has 1 aliphatic heterocycles. The van der Waals surface area contributed by atoms with Gasteiger partial charge in [0.15, 0.2) is 11.5 Å². The Morgan fingerprint density at radius 3 is 2.86 bits per heavy atom. The minimum atomic E-state index is 0.735. The van der Waals surface area contributed by atoms with Gasteiger partial charge in [0.2, 0.25) is 0 Å². The lowest BCUT2D eigenvalue weighted by atomic mass is 10.2. The van der Waals surface area contributed by atoms with E-state index >= 15 is 0 Å². The van der Waals surface area contributed by atoms with Crippen LogP contribution in [0.15, 0.2) is 37.1 Å². The number of hydrogen-bond acceptors (Lipinski definition) is 7. The minimum absolute atomic E-state index is 0.735. The summed E-state index contributed by atoms with van der Waals surface area (Å²) in [5, 5.41) is 8.44. The summed E-state index contributed by atoms with van der Waals surface area (Å²) in [4.78, 5) is 8.93. The van der Waals surface area contributed by atoms with Crippen LogP contribution in [0.1, 0.15) is 5.69 Å². The Hall–Kier alpha value is -2.45. The summed E-state index contributed by atoms with van der Waals surface area (Å²) in [6.45, 7) is 0.865. The van der Waals surface area contributed by atoms with Crippen LogP contribution in [0, 0.1) is 0 Å². The average Bonchev–Trinajstić information content (AvgIpc) is 3.21. The summed E-state index contributed by atoms with van der Waals surface area (Å²) in [5.41, 5.74) is 3.12. The van der Waals surface area contributed by atoms with E-state index in [9.17, 15) is 0 Å². The summed E-state index contributed by atoms with van der Waals surface area (Å²) in [7, 11) is 4.10. The molecule has 4 rings (SSSR count). The Bertz CT molecular complexity index is 836. The van der Waals surface area contributed by atoms with Gasteiger partial charge in [-0.15, -0.1) is 0 Å². The second-order valence-corrected chi connectivity index (χ2v) is 5.99. The number of nitrogens with zero attached hydrogens (tertiary/aromatic N) is 6. The van der Waals surface area contributed by atoms with Crippen LogP contribution in [0.25, 0.3) is 11.2 Å². The van der Waals surface area contributed by atoms with Crippen LogP contribution in [0.5, 0.6) is 0 Å². The van der Waals surface area contributed by atoms with E-state index in [-0.39, 0.29) is 0 Å². The largest absolute Gasteiger partial charge is 0.328 e. The van der Waals surface area contributed by atoms with Gasteiger partial charge in [0.05, 0.1) is 11.9 Å². The number of hydrazine groups is 1. The molecule has 0 aromatic carbocycles. The summed E-state index contributed by atoms with van der Waals surface area (Å²) in [6.07, 6.45) is 9.51. The molecule has 7 nitrogen and oxygen atoms in total. The van der Waals surface area contributed by atoms with Gasteiger partial charge in [0.25, 0.3) is 0 Å². The van der Waals surface area contributed by atoms with Crippen molar-refractivity contribution < 1.29 is 0 Å². The van der Waals surface area contributed by atoms with Crippen LogP contribution in [0.2, 0.25) is 0 Å². The maximum atomic E-state index is 4.54. The predicted molar refractivity (Wildman–Crippen MR) is 86.8 cm³/mol. The van der Waals surface area contributed by atoms with Crippen molar-refractivity contribution in [3.05, 3.63) is 42.7 Å². The van der Waals surface area contributed by atoms with Gasteiger partial charge < -0.3 is 10.3 Å². The monoisotopic (exact) mass is 313 g/mol. The number of imidazole rings is 1. The van der Waals surface area contributed by atoms with E-state index in [1.54, 1.807) is 12.4 Å². The second-order valence-electron chi connectivity index (χ2n) is 5.16. The first-order chi connectivity index (χ1) is 10.7. The smallest absolute Gasteiger partial charge is 0.180 e. The molecule has 0 aliphatic carbocycles. The lowest BCUT2D eigenvalue weighted by Gasteiger charge is -2.18. The van der Waals surface area contributed by atoms with E-state index in [1.807, 2.05) is 25.5 Å². The molecule has 22 heavy (non-hydrogen) atoms. The van der Waals surface area contributed by atoms with Crippen LogP contribution >= 0.6 is 11.5 Å². The molecule has 1 N–H and O–H groups in total. The molecule has 0 amide bonds. The van der Waals surface area contributed by atoms with Crippen molar-refractivity contribution in [1.82, 2.24) is 28.8 Å². The summed E-state index contributed by atoms with van der Waals surface area (Å²) in [6, 6.07) is 1.92. The van der Waals surface area contributed by atoms with Crippen LogP contribution in [0.4, 0.5) is 10.8 Å². The van der Waals surface area contributed by atoms with E-state index < -0.39 is 0 Å². The van der Waals surface area contributed by atoms with Crippen molar-refractivity contribution in [1.29, 1.82) is 0 Å². The summed E-state index contributed by atoms with van der Waals surface area (Å²) < 4.78 is 6.15. The first-order valence-corrected chi connectivity index (χ1v) is 7.64. The van der Waals surface area contributed by atoms with Crippen LogP contribution in [0.3, 0.4) is 0 Å². The highest BCUT2D eigenvalue weighted by Gasteiger charge is 2.20. The van der Waals surface area contributed by atoms with Gasteiger partial charge in [-0.25, -0.2) is 15.0 Å². The number of rotatable bonds is 3. The normalized spacial score (nSPS) is 15.5. The summed E-state index contributed by atoms with van der Waals surface area (Å²) >= 11 is 1.40. The van der Waals surface area contributed by atoms with Gasteiger partial charge in [-0.3, -0.25) is 4.40 Å². The van der Waals surface area contributed by atoms with Gasteiger partial charge in [0.1, 0.15) is 5.00 Å². The van der Waals surface area contributed by atoms with Gasteiger partial charge in [-0.2, -0.15) is 4.37 Å². The van der Waals surface area contributed by atoms with Gasteiger partial charge in [-0.05, 0) is 17.6 Å². The van der Waals surface area contributed by atoms with Crippen LogP contribution < -0.4 is 5.32 Å². The molecule has 0 saturated heterocycles. The fourth-order valence-corrected chi connectivity index (χ4v) is 3.01. The molecule has 0 bridgehead atoms. The SMILES string of the molecule is CN1C=C(c2cnc3c(Nc4ccns4)nccn23)CN1C. The van der Waals surface area contributed by atoms with E-state index in [4.69, 9.17) is 0 Å². The predicted octanol–water partition coefficient (Wildman–Crippen LogP) is 2.06. The van der Waals surface area contributed by atoms with Crippen molar-refractivity contribution in [3.8, 4) is 0 Å². The zero-order valence-electron chi connectivity index (χ0n) is 12.3. The zero-order chi connectivity index (χ0) is 15.1. The lowest BCUT2D eigenvalue weighted by molar-refractivity contribution is 0.118. The topological polar surface area (TPSA) is 61.6 Å². The average molecular weight is 313 g/mol. The first kappa shape index (κ1) is 13.2. The highest BCUT2D eigenvalue weighted by Crippen LogP contribution is 2.26. The Morgan fingerprint density at radius 1 is 1.23 bits per heavy atom. The molecular formula is C14H15N7S. The number of likely N-dealkylation sites (N-methyl/N-ethyl adjacent to an activating group) is 1. The van der Waals surface area contributed by atoms with E-state index in [1.165, 1.54) is 17.1 Å². The third-order valence-corrected chi connectivity index (χ3v) is 4.38. The highest BCUT2D eigenvalue weighted by molar-refractivity contribution is 7.10. The fourth-order valence-electron chi connectivity index (χ4n) is 2.51. The van der Waals surface area contributed by atoms with Crippen molar-refractivity contribution in [2.24, 2.45) is 0 Å². The second kappa shape index (κ2) is 5.08. The number of hydrogen-bond donors (Lipinski definition) is 1. The molecule has 8 heteroatoms. The molecule has 3 aromatic heterocycles. The maximum absolute atomic E-state index is 4.54. The lowest BCUT2D eigenvalue weighted by Crippen LogP contribution is -2.27. The quantitative estimate of drug-likeness (QED) is 0.799. The fraction of sp³-hybridized carbons (Fsp3) is 0.214. The van der Waals surface area contributed by atoms with E-state index in [0.717, 1.165) is 28.7 Å². The molecule has 112 valence electrons. The molecule has 0 spiro atoms. The molecule has 4 heterocycles. The summed E-state index contributed by atoms with van der Waals surface area (Å²) in [5.74, 6) is 0.735. The Morgan fingerprint density at radius 2 is 2.14 bits per heavy atom. The molecule has 0 radical (unpaired) electrons.